The largest absolute Gasteiger partial charge is 0.508 e. The number of rotatable bonds is 7. The van der Waals surface area contributed by atoms with Crippen molar-refractivity contribution in [3.05, 3.63) is 29.8 Å². The van der Waals surface area contributed by atoms with Gasteiger partial charge in [-0.15, -0.1) is 0 Å². The maximum Gasteiger partial charge on any atom is 0.115 e. The molecule has 0 saturated carbocycles. The van der Waals surface area contributed by atoms with Crippen LogP contribution < -0.4 is 0 Å². The lowest BCUT2D eigenvalue weighted by molar-refractivity contribution is 0.297. The molecule has 108 valence electrons. The molecule has 0 aliphatic carbocycles. The number of phenols is 1. The van der Waals surface area contributed by atoms with E-state index < -0.39 is 0 Å². The Morgan fingerprint density at radius 1 is 0.947 bits per heavy atom. The fraction of sp³-hybridized carbons (Fsp3) is 0.667. The molecule has 1 rings (SSSR count). The zero-order chi connectivity index (χ0) is 14.3. The van der Waals surface area contributed by atoms with Crippen LogP contribution in [0.3, 0.4) is 0 Å². The molecule has 1 N–H and O–H groups in total. The SMILES string of the molecule is CCCCCCCC(c1ccc(O)cc1)C(C)(C)C. The van der Waals surface area contributed by atoms with Crippen molar-refractivity contribution in [3.63, 3.8) is 0 Å². The van der Waals surface area contributed by atoms with E-state index in [9.17, 15) is 5.11 Å². The number of hydrogen-bond acceptors (Lipinski definition) is 1. The van der Waals surface area contributed by atoms with Crippen LogP contribution in [0.15, 0.2) is 24.3 Å². The van der Waals surface area contributed by atoms with Gasteiger partial charge in [0.15, 0.2) is 0 Å². The van der Waals surface area contributed by atoms with E-state index >= 15 is 0 Å². The Labute approximate surface area is 119 Å². The van der Waals surface area contributed by atoms with E-state index in [1.54, 1.807) is 0 Å². The Kier molecular flexibility index (Phi) is 6.41. The normalized spacial score (nSPS) is 13.5. The van der Waals surface area contributed by atoms with Gasteiger partial charge in [-0.25, -0.2) is 0 Å². The Morgan fingerprint density at radius 2 is 1.53 bits per heavy atom. The molecule has 0 bridgehead atoms. The summed E-state index contributed by atoms with van der Waals surface area (Å²) in [6.07, 6.45) is 7.93. The summed E-state index contributed by atoms with van der Waals surface area (Å²) in [6, 6.07) is 7.78. The van der Waals surface area contributed by atoms with E-state index in [0.717, 1.165) is 0 Å². The number of benzene rings is 1. The molecule has 1 atom stereocenters. The van der Waals surface area contributed by atoms with Crippen LogP contribution in [0.2, 0.25) is 0 Å². The van der Waals surface area contributed by atoms with Gasteiger partial charge in [0.05, 0.1) is 0 Å². The molecule has 1 unspecified atom stereocenters. The number of hydrogen-bond donors (Lipinski definition) is 1. The average Bonchev–Trinajstić information content (AvgIpc) is 2.34. The third-order valence-electron chi connectivity index (χ3n) is 3.94. The molecule has 0 saturated heterocycles. The van der Waals surface area contributed by atoms with Gasteiger partial charge in [0.25, 0.3) is 0 Å². The molecule has 1 nitrogen and oxygen atoms in total. The first-order chi connectivity index (χ1) is 8.95. The minimum Gasteiger partial charge on any atom is -0.508 e. The first kappa shape index (κ1) is 16.1. The van der Waals surface area contributed by atoms with E-state index in [1.165, 1.54) is 44.1 Å². The van der Waals surface area contributed by atoms with Crippen molar-refractivity contribution < 1.29 is 5.11 Å². The monoisotopic (exact) mass is 262 g/mol. The molecule has 19 heavy (non-hydrogen) atoms. The lowest BCUT2D eigenvalue weighted by Crippen LogP contribution is -2.18. The van der Waals surface area contributed by atoms with Gasteiger partial charge >= 0.3 is 0 Å². The highest BCUT2D eigenvalue weighted by atomic mass is 16.3. The van der Waals surface area contributed by atoms with Crippen LogP contribution >= 0.6 is 0 Å². The summed E-state index contributed by atoms with van der Waals surface area (Å²) in [5.41, 5.74) is 1.64. The molecule has 0 spiro atoms. The van der Waals surface area contributed by atoms with Gasteiger partial charge in [0.1, 0.15) is 5.75 Å². The third-order valence-corrected chi connectivity index (χ3v) is 3.94. The first-order valence-electron chi connectivity index (χ1n) is 7.74. The highest BCUT2D eigenvalue weighted by Gasteiger charge is 2.25. The van der Waals surface area contributed by atoms with Crippen LogP contribution in [-0.2, 0) is 0 Å². The molecule has 1 heteroatoms. The maximum atomic E-state index is 9.41. The van der Waals surface area contributed by atoms with E-state index in [0.29, 0.717) is 11.7 Å². The number of phenolic OH excluding ortho intramolecular Hbond substituents is 1. The highest BCUT2D eigenvalue weighted by molar-refractivity contribution is 5.29. The Morgan fingerprint density at radius 3 is 2.05 bits per heavy atom. The van der Waals surface area contributed by atoms with Crippen LogP contribution in [0.25, 0.3) is 0 Å². The minimum absolute atomic E-state index is 0.279. The number of unbranched alkanes of at least 4 members (excludes halogenated alkanes) is 4. The summed E-state index contributed by atoms with van der Waals surface area (Å²) in [7, 11) is 0. The molecule has 0 fully saturated rings. The molecule has 1 aromatic carbocycles. The highest BCUT2D eigenvalue weighted by Crippen LogP contribution is 2.39. The van der Waals surface area contributed by atoms with Gasteiger partial charge in [0.2, 0.25) is 0 Å². The second kappa shape index (κ2) is 7.57. The van der Waals surface area contributed by atoms with Crippen molar-refractivity contribution in [1.29, 1.82) is 0 Å². The molecule has 0 aliphatic heterocycles. The first-order valence-corrected chi connectivity index (χ1v) is 7.74. The molecule has 0 radical (unpaired) electrons. The van der Waals surface area contributed by atoms with Gasteiger partial charge in [-0.1, -0.05) is 71.9 Å². The second-order valence-corrected chi connectivity index (χ2v) is 6.71. The third kappa shape index (κ3) is 5.67. The summed E-state index contributed by atoms with van der Waals surface area (Å²) >= 11 is 0. The van der Waals surface area contributed by atoms with Crippen molar-refractivity contribution in [3.8, 4) is 5.75 Å². The fourth-order valence-corrected chi connectivity index (χ4v) is 2.76. The van der Waals surface area contributed by atoms with Gasteiger partial charge in [-0.2, -0.15) is 0 Å². The summed E-state index contributed by atoms with van der Waals surface area (Å²) < 4.78 is 0. The predicted octanol–water partition coefficient (Wildman–Crippen LogP) is 5.88. The van der Waals surface area contributed by atoms with Crippen molar-refractivity contribution in [2.24, 2.45) is 5.41 Å². The average molecular weight is 262 g/mol. The van der Waals surface area contributed by atoms with Gasteiger partial charge in [-0.3, -0.25) is 0 Å². The molecular formula is C18H30O. The van der Waals surface area contributed by atoms with Crippen LogP contribution in [0.4, 0.5) is 0 Å². The minimum atomic E-state index is 0.279. The lowest BCUT2D eigenvalue weighted by atomic mass is 9.74. The fourth-order valence-electron chi connectivity index (χ4n) is 2.76. The molecule has 0 aromatic heterocycles. The lowest BCUT2D eigenvalue weighted by Gasteiger charge is -2.31. The summed E-state index contributed by atoms with van der Waals surface area (Å²) in [4.78, 5) is 0. The van der Waals surface area contributed by atoms with E-state index in [2.05, 4.69) is 39.8 Å². The Hall–Kier alpha value is -0.980. The van der Waals surface area contributed by atoms with E-state index in [4.69, 9.17) is 0 Å². The maximum absolute atomic E-state index is 9.41. The summed E-state index contributed by atoms with van der Waals surface area (Å²) in [6.45, 7) is 9.21. The van der Waals surface area contributed by atoms with Gasteiger partial charge in [-0.05, 0) is 35.4 Å². The van der Waals surface area contributed by atoms with Crippen LogP contribution in [0.1, 0.15) is 77.7 Å². The standard InChI is InChI=1S/C18H30O/c1-5-6-7-8-9-10-17(18(2,3)4)15-11-13-16(19)14-12-15/h11-14,17,19H,5-10H2,1-4H3. The summed E-state index contributed by atoms with van der Waals surface area (Å²) in [5, 5.41) is 9.41. The molecule has 1 aromatic rings. The van der Waals surface area contributed by atoms with E-state index in [1.807, 2.05) is 12.1 Å². The van der Waals surface area contributed by atoms with Crippen molar-refractivity contribution in [2.45, 2.75) is 72.1 Å². The van der Waals surface area contributed by atoms with Crippen LogP contribution in [-0.4, -0.2) is 5.11 Å². The summed E-state index contributed by atoms with van der Waals surface area (Å²) in [5.74, 6) is 0.939. The van der Waals surface area contributed by atoms with Gasteiger partial charge < -0.3 is 5.11 Å². The van der Waals surface area contributed by atoms with Crippen LogP contribution in [0.5, 0.6) is 5.75 Å². The molecule has 0 heterocycles. The topological polar surface area (TPSA) is 20.2 Å². The van der Waals surface area contributed by atoms with Crippen molar-refractivity contribution in [1.82, 2.24) is 0 Å². The van der Waals surface area contributed by atoms with E-state index in [-0.39, 0.29) is 5.41 Å². The smallest absolute Gasteiger partial charge is 0.115 e. The number of aromatic hydroxyl groups is 1. The molecule has 0 aliphatic rings. The Balaban J connectivity index is 2.60. The van der Waals surface area contributed by atoms with Crippen LogP contribution in [0, 0.1) is 5.41 Å². The van der Waals surface area contributed by atoms with Gasteiger partial charge in [0, 0.05) is 0 Å². The predicted molar refractivity (Wildman–Crippen MR) is 83.7 cm³/mol. The zero-order valence-corrected chi connectivity index (χ0v) is 13.1. The molecular weight excluding hydrogens is 232 g/mol. The molecule has 0 amide bonds. The quantitative estimate of drug-likeness (QED) is 0.608. The zero-order valence-electron chi connectivity index (χ0n) is 13.1. The van der Waals surface area contributed by atoms with Crippen molar-refractivity contribution in [2.75, 3.05) is 0 Å². The second-order valence-electron chi connectivity index (χ2n) is 6.71. The Bertz CT molecular complexity index is 345. The van der Waals surface area contributed by atoms with Crippen molar-refractivity contribution >= 4 is 0 Å².